The van der Waals surface area contributed by atoms with Crippen molar-refractivity contribution in [2.24, 2.45) is 0 Å². The van der Waals surface area contributed by atoms with E-state index in [-0.39, 0.29) is 11.9 Å². The van der Waals surface area contributed by atoms with Crippen LogP contribution in [-0.2, 0) is 4.79 Å². The van der Waals surface area contributed by atoms with E-state index >= 15 is 0 Å². The fraction of sp³-hybridized carbons (Fsp3) is 0.462. The molecule has 4 heteroatoms. The molecule has 2 N–H and O–H groups in total. The summed E-state index contributed by atoms with van der Waals surface area (Å²) < 4.78 is 0. The smallest absolute Gasteiger partial charge is 0.242 e. The topological polar surface area (TPSA) is 41.1 Å². The molecule has 0 spiro atoms. The van der Waals surface area contributed by atoms with Gasteiger partial charge in [-0.25, -0.2) is 0 Å². The van der Waals surface area contributed by atoms with Crippen LogP contribution in [0.5, 0.6) is 0 Å². The van der Waals surface area contributed by atoms with Gasteiger partial charge >= 0.3 is 0 Å². The molecule has 1 unspecified atom stereocenters. The lowest BCUT2D eigenvalue weighted by Gasteiger charge is -2.18. The van der Waals surface area contributed by atoms with Crippen molar-refractivity contribution >= 4 is 23.2 Å². The van der Waals surface area contributed by atoms with E-state index in [9.17, 15) is 4.79 Å². The lowest BCUT2D eigenvalue weighted by Crippen LogP contribution is -2.38. The van der Waals surface area contributed by atoms with Crippen molar-refractivity contribution in [2.45, 2.75) is 32.2 Å². The van der Waals surface area contributed by atoms with Crippen LogP contribution in [0.25, 0.3) is 0 Å². The Labute approximate surface area is 107 Å². The highest BCUT2D eigenvalue weighted by Gasteiger charge is 2.20. The first kappa shape index (κ1) is 12.2. The summed E-state index contributed by atoms with van der Waals surface area (Å²) in [7, 11) is 0. The van der Waals surface area contributed by atoms with E-state index in [0.29, 0.717) is 0 Å². The van der Waals surface area contributed by atoms with E-state index in [4.69, 9.17) is 11.6 Å². The van der Waals surface area contributed by atoms with E-state index in [1.54, 1.807) is 0 Å². The Bertz CT molecular complexity index is 420. The molecule has 0 saturated carbocycles. The van der Waals surface area contributed by atoms with Gasteiger partial charge < -0.3 is 10.6 Å². The summed E-state index contributed by atoms with van der Waals surface area (Å²) in [6.07, 6.45) is 2.99. The van der Waals surface area contributed by atoms with Gasteiger partial charge in [0.1, 0.15) is 6.04 Å². The quantitative estimate of drug-likeness (QED) is 0.850. The SMILES string of the molecule is Cc1c(Cl)cccc1NC1CCCCNC1=O. The van der Waals surface area contributed by atoms with Crippen LogP contribution in [0.15, 0.2) is 18.2 Å². The van der Waals surface area contributed by atoms with Crippen molar-refractivity contribution in [3.05, 3.63) is 28.8 Å². The summed E-state index contributed by atoms with van der Waals surface area (Å²) in [6, 6.07) is 5.57. The number of carbonyl (C=O) groups excluding carboxylic acids is 1. The van der Waals surface area contributed by atoms with Gasteiger partial charge in [0.05, 0.1) is 0 Å². The molecule has 0 aromatic heterocycles. The van der Waals surface area contributed by atoms with E-state index in [0.717, 1.165) is 42.1 Å². The van der Waals surface area contributed by atoms with Gasteiger partial charge in [-0.15, -0.1) is 0 Å². The molecule has 0 bridgehead atoms. The number of hydrogen-bond donors (Lipinski definition) is 2. The number of benzene rings is 1. The highest BCUT2D eigenvalue weighted by atomic mass is 35.5. The van der Waals surface area contributed by atoms with Crippen molar-refractivity contribution < 1.29 is 4.79 Å². The highest BCUT2D eigenvalue weighted by Crippen LogP contribution is 2.24. The Hall–Kier alpha value is -1.22. The molecular weight excluding hydrogens is 236 g/mol. The summed E-state index contributed by atoms with van der Waals surface area (Å²) in [5, 5.41) is 6.92. The molecule has 17 heavy (non-hydrogen) atoms. The van der Waals surface area contributed by atoms with E-state index in [1.165, 1.54) is 0 Å². The zero-order chi connectivity index (χ0) is 12.3. The van der Waals surface area contributed by atoms with Gasteiger partial charge in [-0.2, -0.15) is 0 Å². The number of halogens is 1. The van der Waals surface area contributed by atoms with Crippen molar-refractivity contribution in [1.29, 1.82) is 0 Å². The van der Waals surface area contributed by atoms with E-state index in [2.05, 4.69) is 10.6 Å². The van der Waals surface area contributed by atoms with Crippen molar-refractivity contribution in [1.82, 2.24) is 5.32 Å². The third-order valence-electron chi connectivity index (χ3n) is 3.13. The van der Waals surface area contributed by atoms with Crippen molar-refractivity contribution in [2.75, 3.05) is 11.9 Å². The van der Waals surface area contributed by atoms with Crippen LogP contribution in [-0.4, -0.2) is 18.5 Å². The van der Waals surface area contributed by atoms with Crippen molar-refractivity contribution in [3.63, 3.8) is 0 Å². The Kier molecular flexibility index (Phi) is 3.89. The summed E-state index contributed by atoms with van der Waals surface area (Å²) in [6.45, 7) is 2.74. The fourth-order valence-electron chi connectivity index (χ4n) is 2.03. The molecule has 0 radical (unpaired) electrons. The van der Waals surface area contributed by atoms with Crippen LogP contribution >= 0.6 is 11.6 Å². The highest BCUT2D eigenvalue weighted by molar-refractivity contribution is 6.31. The Morgan fingerprint density at radius 3 is 3.06 bits per heavy atom. The summed E-state index contributed by atoms with van der Waals surface area (Å²) >= 11 is 6.06. The zero-order valence-corrected chi connectivity index (χ0v) is 10.7. The van der Waals surface area contributed by atoms with E-state index in [1.807, 2.05) is 25.1 Å². The molecule has 1 atom stereocenters. The lowest BCUT2D eigenvalue weighted by molar-refractivity contribution is -0.121. The van der Waals surface area contributed by atoms with Crippen LogP contribution in [0.2, 0.25) is 5.02 Å². The molecule has 1 heterocycles. The number of nitrogens with one attached hydrogen (secondary N) is 2. The van der Waals surface area contributed by atoms with Crippen LogP contribution in [0, 0.1) is 6.92 Å². The number of carbonyl (C=O) groups is 1. The minimum Gasteiger partial charge on any atom is -0.373 e. The molecule has 2 rings (SSSR count). The van der Waals surface area contributed by atoms with Gasteiger partial charge in [-0.05, 0) is 43.9 Å². The molecule has 1 amide bonds. The van der Waals surface area contributed by atoms with Gasteiger partial charge in [0.15, 0.2) is 0 Å². The van der Waals surface area contributed by atoms with Gasteiger partial charge in [0, 0.05) is 17.3 Å². The van der Waals surface area contributed by atoms with Gasteiger partial charge in [-0.1, -0.05) is 17.7 Å². The van der Waals surface area contributed by atoms with Gasteiger partial charge in [0.2, 0.25) is 5.91 Å². The average molecular weight is 253 g/mol. The number of hydrogen-bond acceptors (Lipinski definition) is 2. The second-order valence-corrected chi connectivity index (χ2v) is 4.80. The molecule has 1 aliphatic rings. The lowest BCUT2D eigenvalue weighted by atomic mass is 10.1. The predicted molar refractivity (Wildman–Crippen MR) is 70.5 cm³/mol. The molecule has 3 nitrogen and oxygen atoms in total. The largest absolute Gasteiger partial charge is 0.373 e. The minimum absolute atomic E-state index is 0.0851. The van der Waals surface area contributed by atoms with Crippen LogP contribution in [0.4, 0.5) is 5.69 Å². The molecule has 92 valence electrons. The molecule has 0 aliphatic carbocycles. The number of anilines is 1. The van der Waals surface area contributed by atoms with Gasteiger partial charge in [0.25, 0.3) is 0 Å². The molecule has 1 saturated heterocycles. The Morgan fingerprint density at radius 2 is 2.24 bits per heavy atom. The normalized spacial score (nSPS) is 20.6. The first-order valence-electron chi connectivity index (χ1n) is 5.98. The fourth-order valence-corrected chi connectivity index (χ4v) is 2.20. The first-order chi connectivity index (χ1) is 8.18. The second kappa shape index (κ2) is 5.41. The monoisotopic (exact) mass is 252 g/mol. The van der Waals surface area contributed by atoms with Gasteiger partial charge in [-0.3, -0.25) is 4.79 Å². The molecule has 1 aliphatic heterocycles. The Morgan fingerprint density at radius 1 is 1.41 bits per heavy atom. The standard InChI is InChI=1S/C13H17ClN2O/c1-9-10(14)5-4-7-11(9)16-12-6-2-3-8-15-13(12)17/h4-5,7,12,16H,2-3,6,8H2,1H3,(H,15,17). The molecule has 1 aromatic carbocycles. The first-order valence-corrected chi connectivity index (χ1v) is 6.35. The predicted octanol–water partition coefficient (Wildman–Crippen LogP) is 2.73. The molecule has 1 aromatic rings. The van der Waals surface area contributed by atoms with E-state index < -0.39 is 0 Å². The average Bonchev–Trinajstić information content (AvgIpc) is 2.51. The van der Waals surface area contributed by atoms with Crippen molar-refractivity contribution in [3.8, 4) is 0 Å². The van der Waals surface area contributed by atoms with Crippen LogP contribution < -0.4 is 10.6 Å². The summed E-state index contributed by atoms with van der Waals surface area (Å²) in [5.74, 6) is 0.0851. The summed E-state index contributed by atoms with van der Waals surface area (Å²) in [4.78, 5) is 11.8. The minimum atomic E-state index is -0.144. The second-order valence-electron chi connectivity index (χ2n) is 4.40. The maximum atomic E-state index is 11.8. The third-order valence-corrected chi connectivity index (χ3v) is 3.54. The maximum Gasteiger partial charge on any atom is 0.242 e. The Balaban J connectivity index is 2.13. The molecule has 1 fully saturated rings. The van der Waals surface area contributed by atoms with Crippen LogP contribution in [0.3, 0.4) is 0 Å². The zero-order valence-electron chi connectivity index (χ0n) is 9.92. The van der Waals surface area contributed by atoms with Crippen LogP contribution in [0.1, 0.15) is 24.8 Å². The number of rotatable bonds is 2. The molecular formula is C13H17ClN2O. The number of amides is 1. The third kappa shape index (κ3) is 2.91. The summed E-state index contributed by atoms with van der Waals surface area (Å²) in [5.41, 5.74) is 1.94. The maximum absolute atomic E-state index is 11.8.